The minimum Gasteiger partial charge on any atom is -0.450 e. The van der Waals surface area contributed by atoms with E-state index in [-0.39, 0.29) is 23.9 Å². The summed E-state index contributed by atoms with van der Waals surface area (Å²) in [5.74, 6) is -2.40. The number of hydrogen-bond donors (Lipinski definition) is 1. The van der Waals surface area contributed by atoms with Crippen LogP contribution in [0.2, 0.25) is 0 Å². The average Bonchev–Trinajstić information content (AvgIpc) is 3.11. The van der Waals surface area contributed by atoms with E-state index in [0.717, 1.165) is 29.4 Å². The van der Waals surface area contributed by atoms with Gasteiger partial charge in [-0.3, -0.25) is 4.79 Å². The number of ether oxygens (including phenoxy) is 1. The Labute approximate surface area is 178 Å². The van der Waals surface area contributed by atoms with Crippen molar-refractivity contribution >= 4 is 11.9 Å². The first kappa shape index (κ1) is 22.1. The summed E-state index contributed by atoms with van der Waals surface area (Å²) in [7, 11) is 0. The summed E-state index contributed by atoms with van der Waals surface area (Å²) in [5, 5.41) is 6.66. The molecule has 1 N–H and O–H groups in total. The fraction of sp³-hybridized carbons (Fsp3) is 0.273. The summed E-state index contributed by atoms with van der Waals surface area (Å²) in [6.45, 7) is 5.13. The number of hydrogen-bond acceptors (Lipinski definition) is 5. The topological polar surface area (TPSA) is 86.1 Å². The number of rotatable bonds is 7. The van der Waals surface area contributed by atoms with Crippen molar-refractivity contribution in [1.82, 2.24) is 20.1 Å². The third kappa shape index (κ3) is 5.50. The van der Waals surface area contributed by atoms with Gasteiger partial charge in [-0.05, 0) is 42.2 Å². The molecule has 0 saturated carbocycles. The van der Waals surface area contributed by atoms with Crippen molar-refractivity contribution in [2.24, 2.45) is 0 Å². The first-order chi connectivity index (χ1) is 14.7. The summed E-state index contributed by atoms with van der Waals surface area (Å²) in [6.07, 6.45) is 0. The molecule has 0 fully saturated rings. The number of carbonyl (C=O) groups excluding carboxylic acids is 2. The van der Waals surface area contributed by atoms with Gasteiger partial charge in [-0.2, -0.15) is 0 Å². The molecule has 162 valence electrons. The minimum absolute atomic E-state index is 0.108. The van der Waals surface area contributed by atoms with E-state index in [0.29, 0.717) is 5.82 Å². The Bertz CT molecular complexity index is 1090. The number of para-hydroxylation sites is 1. The molecular weight excluding hydrogens is 406 g/mol. The fourth-order valence-corrected chi connectivity index (χ4v) is 3.03. The molecule has 0 unspecified atom stereocenters. The van der Waals surface area contributed by atoms with Crippen LogP contribution in [-0.4, -0.2) is 33.2 Å². The zero-order valence-electron chi connectivity index (χ0n) is 17.4. The Kier molecular flexibility index (Phi) is 6.74. The second-order valence-electron chi connectivity index (χ2n) is 7.24. The number of nitrogens with one attached hydrogen (secondary N) is 1. The maximum Gasteiger partial charge on any atom is 0.378 e. The number of benzene rings is 2. The van der Waals surface area contributed by atoms with Crippen molar-refractivity contribution in [1.29, 1.82) is 0 Å². The molecule has 7 nitrogen and oxygen atoms in total. The zero-order valence-corrected chi connectivity index (χ0v) is 17.4. The SMILES string of the molecule is Cc1nc(C(=O)OCC(=O)NCc2cc(F)cc(F)c2)nn1-c1ccccc1C(C)C. The van der Waals surface area contributed by atoms with E-state index in [1.807, 2.05) is 24.3 Å². The van der Waals surface area contributed by atoms with Crippen LogP contribution in [0.3, 0.4) is 0 Å². The molecule has 3 rings (SSSR count). The Balaban J connectivity index is 1.61. The number of amides is 1. The molecule has 0 radical (unpaired) electrons. The lowest BCUT2D eigenvalue weighted by Gasteiger charge is -2.12. The molecule has 1 heterocycles. The molecule has 0 aliphatic heterocycles. The molecule has 2 aromatic carbocycles. The summed E-state index contributed by atoms with van der Waals surface area (Å²) >= 11 is 0. The van der Waals surface area contributed by atoms with E-state index in [4.69, 9.17) is 4.74 Å². The highest BCUT2D eigenvalue weighted by atomic mass is 19.1. The standard InChI is InChI=1S/C22H22F2N4O3/c1-13(2)18-6-4-5-7-19(18)28-14(3)26-21(27-28)22(30)31-12-20(29)25-11-15-8-16(23)10-17(24)9-15/h4-10,13H,11-12H2,1-3H3,(H,25,29). The van der Waals surface area contributed by atoms with Gasteiger partial charge in [0.05, 0.1) is 5.69 Å². The average molecular weight is 428 g/mol. The predicted octanol–water partition coefficient (Wildman–Crippen LogP) is 3.45. The van der Waals surface area contributed by atoms with E-state index in [1.54, 1.807) is 11.6 Å². The van der Waals surface area contributed by atoms with Crippen molar-refractivity contribution in [2.45, 2.75) is 33.2 Å². The second kappa shape index (κ2) is 9.46. The molecule has 0 spiro atoms. The van der Waals surface area contributed by atoms with Crippen molar-refractivity contribution in [3.63, 3.8) is 0 Å². The molecular formula is C22H22F2N4O3. The van der Waals surface area contributed by atoms with E-state index in [2.05, 4.69) is 29.2 Å². The van der Waals surface area contributed by atoms with Crippen LogP contribution in [0.1, 0.15) is 47.3 Å². The van der Waals surface area contributed by atoms with Gasteiger partial charge in [0.1, 0.15) is 17.5 Å². The Morgan fingerprint density at radius 2 is 1.81 bits per heavy atom. The quantitative estimate of drug-likeness (QED) is 0.583. The Hall–Kier alpha value is -3.62. The van der Waals surface area contributed by atoms with Crippen LogP contribution in [0, 0.1) is 18.6 Å². The highest BCUT2D eigenvalue weighted by molar-refractivity contribution is 5.88. The summed E-state index contributed by atoms with van der Waals surface area (Å²) in [5.41, 5.74) is 2.10. The van der Waals surface area contributed by atoms with Crippen LogP contribution in [0.25, 0.3) is 5.69 Å². The number of aryl methyl sites for hydroxylation is 1. The van der Waals surface area contributed by atoms with Gasteiger partial charge in [0, 0.05) is 12.6 Å². The molecule has 0 atom stereocenters. The van der Waals surface area contributed by atoms with Crippen molar-refractivity contribution in [2.75, 3.05) is 6.61 Å². The third-order valence-corrected chi connectivity index (χ3v) is 4.48. The first-order valence-corrected chi connectivity index (χ1v) is 9.66. The molecule has 3 aromatic rings. The largest absolute Gasteiger partial charge is 0.450 e. The van der Waals surface area contributed by atoms with E-state index >= 15 is 0 Å². The van der Waals surface area contributed by atoms with Crippen LogP contribution in [0.5, 0.6) is 0 Å². The summed E-state index contributed by atoms with van der Waals surface area (Å²) in [4.78, 5) is 28.3. The highest BCUT2D eigenvalue weighted by Gasteiger charge is 2.19. The van der Waals surface area contributed by atoms with Crippen LogP contribution in [0.15, 0.2) is 42.5 Å². The molecule has 0 bridgehead atoms. The maximum absolute atomic E-state index is 13.2. The lowest BCUT2D eigenvalue weighted by Crippen LogP contribution is -2.28. The van der Waals surface area contributed by atoms with Gasteiger partial charge in [-0.15, -0.1) is 5.10 Å². The zero-order chi connectivity index (χ0) is 22.5. The van der Waals surface area contributed by atoms with E-state index < -0.39 is 30.1 Å². The first-order valence-electron chi connectivity index (χ1n) is 9.66. The van der Waals surface area contributed by atoms with Gasteiger partial charge >= 0.3 is 5.97 Å². The van der Waals surface area contributed by atoms with Crippen LogP contribution < -0.4 is 5.32 Å². The van der Waals surface area contributed by atoms with Crippen LogP contribution >= 0.6 is 0 Å². The summed E-state index contributed by atoms with van der Waals surface area (Å²) in [6, 6.07) is 10.6. The Morgan fingerprint density at radius 1 is 1.13 bits per heavy atom. The maximum atomic E-state index is 13.2. The van der Waals surface area contributed by atoms with Crippen molar-refractivity contribution < 1.29 is 23.1 Å². The normalized spacial score (nSPS) is 10.9. The number of aromatic nitrogens is 3. The van der Waals surface area contributed by atoms with Crippen LogP contribution in [-0.2, 0) is 16.1 Å². The molecule has 31 heavy (non-hydrogen) atoms. The van der Waals surface area contributed by atoms with E-state index in [9.17, 15) is 18.4 Å². The van der Waals surface area contributed by atoms with Crippen molar-refractivity contribution in [3.8, 4) is 5.69 Å². The van der Waals surface area contributed by atoms with Gasteiger partial charge < -0.3 is 10.1 Å². The van der Waals surface area contributed by atoms with Crippen LogP contribution in [0.4, 0.5) is 8.78 Å². The van der Waals surface area contributed by atoms with Crippen molar-refractivity contribution in [3.05, 3.63) is 76.9 Å². The van der Waals surface area contributed by atoms with Gasteiger partial charge in [0.25, 0.3) is 11.7 Å². The highest BCUT2D eigenvalue weighted by Crippen LogP contribution is 2.23. The molecule has 9 heteroatoms. The number of esters is 1. The lowest BCUT2D eigenvalue weighted by atomic mass is 10.0. The fourth-order valence-electron chi connectivity index (χ4n) is 3.03. The molecule has 1 amide bonds. The smallest absolute Gasteiger partial charge is 0.378 e. The van der Waals surface area contributed by atoms with Gasteiger partial charge in [0.15, 0.2) is 6.61 Å². The summed E-state index contributed by atoms with van der Waals surface area (Å²) < 4.78 is 32.9. The second-order valence-corrected chi connectivity index (χ2v) is 7.24. The number of carbonyl (C=O) groups is 2. The number of halogens is 2. The minimum atomic E-state index is -0.851. The Morgan fingerprint density at radius 3 is 2.48 bits per heavy atom. The predicted molar refractivity (Wildman–Crippen MR) is 109 cm³/mol. The monoisotopic (exact) mass is 428 g/mol. The number of nitrogens with zero attached hydrogens (tertiary/aromatic N) is 3. The van der Waals surface area contributed by atoms with Gasteiger partial charge in [-0.25, -0.2) is 23.2 Å². The van der Waals surface area contributed by atoms with E-state index in [1.165, 1.54) is 0 Å². The van der Waals surface area contributed by atoms with Gasteiger partial charge in [-0.1, -0.05) is 32.0 Å². The third-order valence-electron chi connectivity index (χ3n) is 4.48. The molecule has 1 aromatic heterocycles. The molecule has 0 aliphatic carbocycles. The van der Waals surface area contributed by atoms with Gasteiger partial charge in [0.2, 0.25) is 0 Å². The molecule has 0 saturated heterocycles. The lowest BCUT2D eigenvalue weighted by molar-refractivity contribution is -0.124. The molecule has 0 aliphatic rings.